The molecule has 2 N–H and O–H groups in total. The lowest BCUT2D eigenvalue weighted by molar-refractivity contribution is -0.114. The summed E-state index contributed by atoms with van der Waals surface area (Å²) in [5.41, 5.74) is 1.04. The van der Waals surface area contributed by atoms with Crippen LogP contribution in [0.2, 0.25) is 0 Å². The number of para-hydroxylation sites is 3. The highest BCUT2D eigenvalue weighted by molar-refractivity contribution is 7.89. The Morgan fingerprint density at radius 3 is 2.37 bits per heavy atom. The van der Waals surface area contributed by atoms with Gasteiger partial charge in [0.25, 0.3) is 0 Å². The Hall–Kier alpha value is -3.56. The second-order valence-electron chi connectivity index (χ2n) is 8.14. The summed E-state index contributed by atoms with van der Waals surface area (Å²) < 4.78 is 39.1. The summed E-state index contributed by atoms with van der Waals surface area (Å²) in [4.78, 5) is 12.8. The number of piperidine rings is 1. The van der Waals surface area contributed by atoms with E-state index in [9.17, 15) is 13.2 Å². The van der Waals surface area contributed by atoms with Crippen molar-refractivity contribution in [1.29, 1.82) is 0 Å². The molecule has 1 aliphatic rings. The Balaban J connectivity index is 1.44. The van der Waals surface area contributed by atoms with Gasteiger partial charge >= 0.3 is 0 Å². The Bertz CT molecular complexity index is 1260. The molecule has 1 amide bonds. The normalized spacial score (nSPS) is 14.2. The van der Waals surface area contributed by atoms with Crippen molar-refractivity contribution >= 4 is 27.3 Å². The van der Waals surface area contributed by atoms with Crippen molar-refractivity contribution < 1.29 is 22.7 Å². The Morgan fingerprint density at radius 2 is 1.63 bits per heavy atom. The number of carbonyl (C=O) groups is 1. The van der Waals surface area contributed by atoms with Gasteiger partial charge in [0.1, 0.15) is 16.4 Å². The van der Waals surface area contributed by atoms with Crippen LogP contribution >= 0.6 is 0 Å². The summed E-state index contributed by atoms with van der Waals surface area (Å²) in [7, 11) is -2.25. The van der Waals surface area contributed by atoms with Crippen LogP contribution in [0.4, 0.5) is 11.4 Å². The molecule has 1 saturated heterocycles. The molecule has 0 atom stereocenters. The van der Waals surface area contributed by atoms with Crippen molar-refractivity contribution in [1.82, 2.24) is 4.31 Å². The van der Waals surface area contributed by atoms with Gasteiger partial charge < -0.3 is 20.1 Å². The molecule has 0 aromatic heterocycles. The van der Waals surface area contributed by atoms with E-state index < -0.39 is 10.0 Å². The third kappa shape index (κ3) is 6.12. The van der Waals surface area contributed by atoms with E-state index >= 15 is 0 Å². The number of hydrogen-bond donors (Lipinski definition) is 2. The smallest absolute Gasteiger partial charge is 0.246 e. The summed E-state index contributed by atoms with van der Waals surface area (Å²) in [6.45, 7) is 0.932. The number of amides is 1. The number of rotatable bonds is 9. The fourth-order valence-electron chi connectivity index (χ4n) is 3.88. The Morgan fingerprint density at radius 1 is 0.914 bits per heavy atom. The number of methoxy groups -OCH3 is 1. The molecule has 0 bridgehead atoms. The molecule has 0 saturated carbocycles. The number of carbonyl (C=O) groups excluding carboxylic acids is 1. The molecule has 184 valence electrons. The summed E-state index contributed by atoms with van der Waals surface area (Å²) in [5.74, 6) is 1.15. The molecule has 1 fully saturated rings. The molecule has 0 spiro atoms. The van der Waals surface area contributed by atoms with Gasteiger partial charge in [0.15, 0.2) is 5.75 Å². The van der Waals surface area contributed by atoms with Crippen LogP contribution in [-0.2, 0) is 14.8 Å². The second-order valence-corrected chi connectivity index (χ2v) is 10.0. The average Bonchev–Trinajstić information content (AvgIpc) is 2.89. The van der Waals surface area contributed by atoms with Gasteiger partial charge in [0.05, 0.1) is 19.3 Å². The van der Waals surface area contributed by atoms with Crippen molar-refractivity contribution in [3.05, 3.63) is 72.8 Å². The van der Waals surface area contributed by atoms with Crippen LogP contribution in [0, 0.1) is 0 Å². The molecule has 4 rings (SSSR count). The van der Waals surface area contributed by atoms with Gasteiger partial charge in [-0.05, 0) is 55.3 Å². The van der Waals surface area contributed by atoms with E-state index in [0.717, 1.165) is 19.3 Å². The summed E-state index contributed by atoms with van der Waals surface area (Å²) >= 11 is 0. The number of nitrogens with one attached hydrogen (secondary N) is 2. The van der Waals surface area contributed by atoms with E-state index in [2.05, 4.69) is 10.6 Å². The molecule has 0 radical (unpaired) electrons. The molecule has 1 aliphatic heterocycles. The lowest BCUT2D eigenvalue weighted by Crippen LogP contribution is -2.35. The number of hydrogen-bond acceptors (Lipinski definition) is 6. The molecular formula is C26H29N3O5S. The van der Waals surface area contributed by atoms with Gasteiger partial charge in [-0.25, -0.2) is 8.42 Å². The lowest BCUT2D eigenvalue weighted by atomic mass is 10.2. The summed E-state index contributed by atoms with van der Waals surface area (Å²) in [6.07, 6.45) is 2.71. The first-order valence-corrected chi connectivity index (χ1v) is 13.0. The van der Waals surface area contributed by atoms with E-state index in [1.54, 1.807) is 24.3 Å². The highest BCUT2D eigenvalue weighted by atomic mass is 32.2. The first kappa shape index (κ1) is 24.6. The quantitative estimate of drug-likeness (QED) is 0.446. The zero-order valence-corrected chi connectivity index (χ0v) is 20.4. The molecule has 3 aromatic rings. The fourth-order valence-corrected chi connectivity index (χ4v) is 5.58. The molecule has 0 unspecified atom stereocenters. The van der Waals surface area contributed by atoms with Gasteiger partial charge in [0, 0.05) is 18.8 Å². The number of ether oxygens (including phenoxy) is 2. The highest BCUT2D eigenvalue weighted by Gasteiger charge is 2.29. The third-order valence-corrected chi connectivity index (χ3v) is 7.60. The SMILES string of the molecule is COc1ccc(NCC(=O)Nc2ccccc2Oc2ccccc2)cc1S(=O)(=O)N1CCCCC1. The predicted octanol–water partition coefficient (Wildman–Crippen LogP) is 4.71. The fraction of sp³-hybridized carbons (Fsp3) is 0.269. The van der Waals surface area contributed by atoms with Gasteiger partial charge in [-0.15, -0.1) is 0 Å². The van der Waals surface area contributed by atoms with Crippen LogP contribution in [0.15, 0.2) is 77.7 Å². The number of anilines is 2. The second kappa shape index (κ2) is 11.2. The van der Waals surface area contributed by atoms with E-state index in [0.29, 0.717) is 36.0 Å². The highest BCUT2D eigenvalue weighted by Crippen LogP contribution is 2.32. The zero-order chi connectivity index (χ0) is 24.7. The number of benzene rings is 3. The van der Waals surface area contributed by atoms with E-state index in [-0.39, 0.29) is 23.1 Å². The van der Waals surface area contributed by atoms with E-state index in [1.807, 2.05) is 42.5 Å². The maximum Gasteiger partial charge on any atom is 0.246 e. The Labute approximate surface area is 205 Å². The van der Waals surface area contributed by atoms with Crippen molar-refractivity contribution in [2.45, 2.75) is 24.2 Å². The first-order chi connectivity index (χ1) is 17.0. The molecule has 8 nitrogen and oxygen atoms in total. The van der Waals surface area contributed by atoms with Crippen molar-refractivity contribution in [3.63, 3.8) is 0 Å². The number of sulfonamides is 1. The van der Waals surface area contributed by atoms with Crippen LogP contribution < -0.4 is 20.1 Å². The van der Waals surface area contributed by atoms with Crippen molar-refractivity contribution in [2.75, 3.05) is 37.4 Å². The Kier molecular flexibility index (Phi) is 7.89. The van der Waals surface area contributed by atoms with Crippen molar-refractivity contribution in [2.24, 2.45) is 0 Å². The molecule has 3 aromatic carbocycles. The van der Waals surface area contributed by atoms with Crippen molar-refractivity contribution in [3.8, 4) is 17.2 Å². The van der Waals surface area contributed by atoms with E-state index in [1.165, 1.54) is 17.5 Å². The monoisotopic (exact) mass is 495 g/mol. The molecule has 0 aliphatic carbocycles. The third-order valence-electron chi connectivity index (χ3n) is 5.68. The minimum atomic E-state index is -3.70. The van der Waals surface area contributed by atoms with Crippen LogP contribution in [-0.4, -0.2) is 45.4 Å². The standard InChI is InChI=1S/C26H29N3O5S/c1-33-24-15-14-20(18-25(24)35(31,32)29-16-8-3-9-17-29)27-19-26(30)28-22-12-6-7-13-23(22)34-21-10-4-2-5-11-21/h2,4-7,10-15,18,27H,3,8-9,16-17,19H2,1H3,(H,28,30). The van der Waals surface area contributed by atoms with Crippen LogP contribution in [0.25, 0.3) is 0 Å². The summed E-state index contributed by atoms with van der Waals surface area (Å²) in [6, 6.07) is 21.3. The van der Waals surface area contributed by atoms with Crippen LogP contribution in [0.1, 0.15) is 19.3 Å². The predicted molar refractivity (Wildman–Crippen MR) is 136 cm³/mol. The lowest BCUT2D eigenvalue weighted by Gasteiger charge is -2.26. The van der Waals surface area contributed by atoms with Gasteiger partial charge in [-0.1, -0.05) is 36.8 Å². The van der Waals surface area contributed by atoms with Crippen LogP contribution in [0.5, 0.6) is 17.2 Å². The van der Waals surface area contributed by atoms with Gasteiger partial charge in [-0.3, -0.25) is 4.79 Å². The van der Waals surface area contributed by atoms with Gasteiger partial charge in [-0.2, -0.15) is 4.31 Å². The molecule has 35 heavy (non-hydrogen) atoms. The van der Waals surface area contributed by atoms with E-state index in [4.69, 9.17) is 9.47 Å². The largest absolute Gasteiger partial charge is 0.495 e. The molecule has 9 heteroatoms. The van der Waals surface area contributed by atoms with Gasteiger partial charge in [0.2, 0.25) is 15.9 Å². The molecular weight excluding hydrogens is 466 g/mol. The minimum absolute atomic E-state index is 0.0603. The minimum Gasteiger partial charge on any atom is -0.495 e. The maximum absolute atomic E-state index is 13.2. The summed E-state index contributed by atoms with van der Waals surface area (Å²) in [5, 5.41) is 5.85. The maximum atomic E-state index is 13.2. The topological polar surface area (TPSA) is 97.0 Å². The number of nitrogens with zero attached hydrogens (tertiary/aromatic N) is 1. The molecule has 1 heterocycles. The first-order valence-electron chi connectivity index (χ1n) is 11.5. The van der Waals surface area contributed by atoms with Crippen LogP contribution in [0.3, 0.4) is 0 Å². The average molecular weight is 496 g/mol. The zero-order valence-electron chi connectivity index (χ0n) is 19.6.